The van der Waals surface area contributed by atoms with E-state index in [2.05, 4.69) is 34.9 Å². The van der Waals surface area contributed by atoms with Gasteiger partial charge in [0, 0.05) is 24.9 Å². The summed E-state index contributed by atoms with van der Waals surface area (Å²) in [7, 11) is 0. The minimum absolute atomic E-state index is 0.0739. The van der Waals surface area contributed by atoms with Crippen molar-refractivity contribution in [3.63, 3.8) is 0 Å². The van der Waals surface area contributed by atoms with Crippen molar-refractivity contribution < 1.29 is 4.74 Å². The van der Waals surface area contributed by atoms with Gasteiger partial charge in [0.2, 0.25) is 0 Å². The van der Waals surface area contributed by atoms with E-state index < -0.39 is 0 Å². The second kappa shape index (κ2) is 6.49. The van der Waals surface area contributed by atoms with Crippen molar-refractivity contribution in [3.05, 3.63) is 18.2 Å². The van der Waals surface area contributed by atoms with E-state index in [4.69, 9.17) is 4.74 Å². The average Bonchev–Trinajstić information content (AvgIpc) is 3.05. The van der Waals surface area contributed by atoms with E-state index in [0.29, 0.717) is 12.1 Å². The van der Waals surface area contributed by atoms with Crippen LogP contribution in [0.1, 0.15) is 76.6 Å². The van der Waals surface area contributed by atoms with Crippen molar-refractivity contribution in [1.29, 1.82) is 0 Å². The molecule has 2 unspecified atom stereocenters. The number of imidazole rings is 1. The Labute approximate surface area is 128 Å². The lowest BCUT2D eigenvalue weighted by Crippen LogP contribution is -2.40. The van der Waals surface area contributed by atoms with E-state index in [1.165, 1.54) is 25.0 Å². The van der Waals surface area contributed by atoms with Crippen LogP contribution in [0.5, 0.6) is 0 Å². The molecule has 21 heavy (non-hydrogen) atoms. The van der Waals surface area contributed by atoms with Crippen LogP contribution < -0.4 is 5.32 Å². The van der Waals surface area contributed by atoms with Gasteiger partial charge in [0.1, 0.15) is 0 Å². The number of nitrogens with zero attached hydrogens (tertiary/aromatic N) is 2. The first-order valence-electron chi connectivity index (χ1n) is 8.67. The predicted octanol–water partition coefficient (Wildman–Crippen LogP) is 3.61. The normalized spacial score (nSPS) is 29.4. The van der Waals surface area contributed by atoms with Gasteiger partial charge < -0.3 is 14.6 Å². The molecule has 0 amide bonds. The monoisotopic (exact) mass is 291 g/mol. The first-order valence-corrected chi connectivity index (χ1v) is 8.67. The first-order chi connectivity index (χ1) is 10.3. The van der Waals surface area contributed by atoms with Crippen molar-refractivity contribution in [3.8, 4) is 0 Å². The molecule has 4 heteroatoms. The molecule has 118 valence electrons. The molecule has 1 aromatic heterocycles. The Morgan fingerprint density at radius 1 is 1.33 bits per heavy atom. The fraction of sp³-hybridized carbons (Fsp3) is 0.824. The third-order valence-electron chi connectivity index (χ3n) is 5.51. The van der Waals surface area contributed by atoms with Crippen LogP contribution in [0.2, 0.25) is 0 Å². The lowest BCUT2D eigenvalue weighted by atomic mass is 9.85. The molecule has 1 aromatic rings. The van der Waals surface area contributed by atoms with E-state index in [9.17, 15) is 0 Å². The highest BCUT2D eigenvalue weighted by Crippen LogP contribution is 2.38. The maximum atomic E-state index is 6.13. The summed E-state index contributed by atoms with van der Waals surface area (Å²) in [5.74, 6) is 0. The molecule has 0 bridgehead atoms. The van der Waals surface area contributed by atoms with Crippen molar-refractivity contribution in [2.45, 2.75) is 76.5 Å². The van der Waals surface area contributed by atoms with Crippen LogP contribution in [0.15, 0.2) is 12.5 Å². The van der Waals surface area contributed by atoms with E-state index in [1.807, 2.05) is 6.33 Å². The van der Waals surface area contributed by atoms with Gasteiger partial charge in [-0.05, 0) is 45.1 Å². The summed E-state index contributed by atoms with van der Waals surface area (Å²) in [6.07, 6.45) is 12.4. The molecule has 0 saturated carbocycles. The van der Waals surface area contributed by atoms with Gasteiger partial charge in [-0.2, -0.15) is 0 Å². The number of hydrogen-bond acceptors (Lipinski definition) is 3. The minimum Gasteiger partial charge on any atom is -0.375 e. The molecule has 0 aliphatic carbocycles. The number of ether oxygens (including phenoxy) is 1. The van der Waals surface area contributed by atoms with Gasteiger partial charge in [-0.1, -0.05) is 20.3 Å². The molecular weight excluding hydrogens is 262 g/mol. The number of hydrogen-bond donors (Lipinski definition) is 1. The summed E-state index contributed by atoms with van der Waals surface area (Å²) in [5.41, 5.74) is 1.45. The third kappa shape index (κ3) is 3.02. The standard InChI is InChI=1S/C17H29N3O/c1-3-17(4-2)11-14(8-10-21-17)20-13-18-12-16(20)15-7-5-6-9-19-15/h12-15,19H,3-11H2,1-2H3. The van der Waals surface area contributed by atoms with Crippen molar-refractivity contribution in [1.82, 2.24) is 14.9 Å². The Morgan fingerprint density at radius 2 is 2.19 bits per heavy atom. The van der Waals surface area contributed by atoms with Crippen LogP contribution in [-0.4, -0.2) is 28.3 Å². The van der Waals surface area contributed by atoms with Crippen LogP contribution in [0.25, 0.3) is 0 Å². The molecule has 2 fully saturated rings. The second-order valence-electron chi connectivity index (χ2n) is 6.61. The maximum absolute atomic E-state index is 6.13. The van der Waals surface area contributed by atoms with E-state index >= 15 is 0 Å². The summed E-state index contributed by atoms with van der Waals surface area (Å²) in [6.45, 7) is 6.52. The minimum atomic E-state index is 0.0739. The highest BCUT2D eigenvalue weighted by atomic mass is 16.5. The smallest absolute Gasteiger partial charge is 0.0951 e. The van der Waals surface area contributed by atoms with Crippen LogP contribution in [0.4, 0.5) is 0 Å². The lowest BCUT2D eigenvalue weighted by Gasteiger charge is -2.41. The Hall–Kier alpha value is -0.870. The largest absolute Gasteiger partial charge is 0.375 e. The maximum Gasteiger partial charge on any atom is 0.0951 e. The number of piperidine rings is 1. The fourth-order valence-electron chi connectivity index (χ4n) is 3.98. The molecule has 2 atom stereocenters. The number of nitrogens with one attached hydrogen (secondary N) is 1. The van der Waals surface area contributed by atoms with Crippen molar-refractivity contribution >= 4 is 0 Å². The van der Waals surface area contributed by atoms with Gasteiger partial charge in [0.25, 0.3) is 0 Å². The summed E-state index contributed by atoms with van der Waals surface area (Å²) < 4.78 is 8.56. The van der Waals surface area contributed by atoms with E-state index in [1.54, 1.807) is 0 Å². The summed E-state index contributed by atoms with van der Waals surface area (Å²) in [5, 5.41) is 3.66. The van der Waals surface area contributed by atoms with E-state index in [0.717, 1.165) is 38.8 Å². The zero-order valence-electron chi connectivity index (χ0n) is 13.5. The second-order valence-corrected chi connectivity index (χ2v) is 6.61. The molecule has 0 aromatic carbocycles. The van der Waals surface area contributed by atoms with Gasteiger partial charge in [0.05, 0.1) is 17.6 Å². The molecule has 0 spiro atoms. The van der Waals surface area contributed by atoms with Crippen LogP contribution in [0.3, 0.4) is 0 Å². The Bertz CT molecular complexity index is 447. The molecule has 4 nitrogen and oxygen atoms in total. The van der Waals surface area contributed by atoms with Crippen LogP contribution in [0, 0.1) is 0 Å². The highest BCUT2D eigenvalue weighted by molar-refractivity contribution is 5.09. The van der Waals surface area contributed by atoms with Gasteiger partial charge >= 0.3 is 0 Å². The fourth-order valence-corrected chi connectivity index (χ4v) is 3.98. The van der Waals surface area contributed by atoms with Gasteiger partial charge in [-0.15, -0.1) is 0 Å². The Balaban J connectivity index is 1.79. The van der Waals surface area contributed by atoms with Gasteiger partial charge in [-0.25, -0.2) is 4.98 Å². The zero-order chi connectivity index (χ0) is 14.7. The van der Waals surface area contributed by atoms with Crippen LogP contribution in [-0.2, 0) is 4.74 Å². The Morgan fingerprint density at radius 3 is 2.90 bits per heavy atom. The predicted molar refractivity (Wildman–Crippen MR) is 84.4 cm³/mol. The summed E-state index contributed by atoms with van der Waals surface area (Å²) in [6, 6.07) is 1.03. The first kappa shape index (κ1) is 15.0. The molecule has 3 rings (SSSR count). The molecule has 3 heterocycles. The molecule has 1 N–H and O–H groups in total. The SMILES string of the molecule is CCC1(CC)CC(n2cncc2C2CCCCN2)CCO1. The van der Waals surface area contributed by atoms with E-state index in [-0.39, 0.29) is 5.60 Å². The molecule has 2 aliphatic rings. The highest BCUT2D eigenvalue weighted by Gasteiger charge is 2.36. The quantitative estimate of drug-likeness (QED) is 0.921. The van der Waals surface area contributed by atoms with Gasteiger partial charge in [-0.3, -0.25) is 0 Å². The van der Waals surface area contributed by atoms with Gasteiger partial charge in [0.15, 0.2) is 0 Å². The molecular formula is C17H29N3O. The summed E-state index contributed by atoms with van der Waals surface area (Å²) in [4.78, 5) is 4.45. The molecule has 2 aliphatic heterocycles. The molecule has 2 saturated heterocycles. The number of aromatic nitrogens is 2. The number of rotatable bonds is 4. The topological polar surface area (TPSA) is 39.1 Å². The average molecular weight is 291 g/mol. The zero-order valence-corrected chi connectivity index (χ0v) is 13.5. The summed E-state index contributed by atoms with van der Waals surface area (Å²) >= 11 is 0. The van der Waals surface area contributed by atoms with Crippen LogP contribution >= 0.6 is 0 Å². The molecule has 0 radical (unpaired) electrons. The Kier molecular flexibility index (Phi) is 4.65. The van der Waals surface area contributed by atoms with Crippen molar-refractivity contribution in [2.24, 2.45) is 0 Å². The lowest BCUT2D eigenvalue weighted by molar-refractivity contribution is -0.0991. The third-order valence-corrected chi connectivity index (χ3v) is 5.51. The van der Waals surface area contributed by atoms with Crippen molar-refractivity contribution in [2.75, 3.05) is 13.2 Å².